The third-order valence-corrected chi connectivity index (χ3v) is 4.17. The van der Waals surface area contributed by atoms with Gasteiger partial charge in [-0.05, 0) is 5.56 Å². The number of aliphatic hydroxyl groups is 4. The Morgan fingerprint density at radius 1 is 1.15 bits per heavy atom. The van der Waals surface area contributed by atoms with E-state index in [4.69, 9.17) is 4.74 Å². The summed E-state index contributed by atoms with van der Waals surface area (Å²) in [5, 5.41) is 49.1. The third kappa shape index (κ3) is 3.74. The molecule has 3 rings (SSSR count). The normalized spacial score (nSPS) is 28.7. The van der Waals surface area contributed by atoms with Crippen LogP contribution in [-0.2, 0) is 11.3 Å². The van der Waals surface area contributed by atoms with Crippen molar-refractivity contribution in [2.75, 3.05) is 6.61 Å². The number of aliphatic hydroxyl groups excluding tert-OH is 4. The lowest BCUT2D eigenvalue weighted by molar-refractivity contribution is -0.254. The Morgan fingerprint density at radius 2 is 1.88 bits per heavy atom. The van der Waals surface area contributed by atoms with Crippen molar-refractivity contribution in [3.8, 4) is 0 Å². The van der Waals surface area contributed by atoms with E-state index >= 15 is 0 Å². The van der Waals surface area contributed by atoms with E-state index in [2.05, 4.69) is 15.6 Å². The molecule has 1 fully saturated rings. The Kier molecular flexibility index (Phi) is 5.59. The molecule has 0 bridgehead atoms. The second-order valence-corrected chi connectivity index (χ2v) is 5.97. The monoisotopic (exact) mass is 364 g/mol. The molecule has 5 atom stereocenters. The van der Waals surface area contributed by atoms with Crippen molar-refractivity contribution in [3.05, 3.63) is 47.8 Å². The highest BCUT2D eigenvalue weighted by Gasteiger charge is 2.44. The highest BCUT2D eigenvalue weighted by atomic mass is 16.6. The lowest BCUT2D eigenvalue weighted by atomic mass is 9.98. The number of hydrogen-bond acceptors (Lipinski definition) is 8. The first-order valence-corrected chi connectivity index (χ1v) is 8.05. The predicted octanol–water partition coefficient (Wildman–Crippen LogP) is -1.82. The molecule has 1 aliphatic rings. The Hall–Kier alpha value is -2.37. The molecule has 0 aliphatic carbocycles. The van der Waals surface area contributed by atoms with E-state index < -0.39 is 43.2 Å². The third-order valence-electron chi connectivity index (χ3n) is 4.17. The van der Waals surface area contributed by atoms with Crippen LogP contribution in [0.2, 0.25) is 0 Å². The highest BCUT2D eigenvalue weighted by molar-refractivity contribution is 5.91. The van der Waals surface area contributed by atoms with Crippen LogP contribution in [-0.4, -0.2) is 72.3 Å². The van der Waals surface area contributed by atoms with Gasteiger partial charge in [0.2, 0.25) is 0 Å². The van der Waals surface area contributed by atoms with Crippen LogP contribution in [0.15, 0.2) is 36.5 Å². The fourth-order valence-electron chi connectivity index (χ4n) is 2.67. The average molecular weight is 364 g/mol. The number of rotatable bonds is 5. The Morgan fingerprint density at radius 3 is 2.58 bits per heavy atom. The molecule has 0 radical (unpaired) electrons. The standard InChI is InChI=1S/C16H20N4O6/c21-8-11-12(22)13(23)14(24)16(26-11)20-7-10(18-19-20)15(25)17-6-9-4-2-1-3-5-9/h1-5,7,11-14,16,21-24H,6,8H2,(H,17,25)/t11-,12-,13+,14+,16+/m1/s1. The summed E-state index contributed by atoms with van der Waals surface area (Å²) in [7, 11) is 0. The number of ether oxygens (including phenoxy) is 1. The predicted molar refractivity (Wildman–Crippen MR) is 86.7 cm³/mol. The van der Waals surface area contributed by atoms with Crippen molar-refractivity contribution in [2.45, 2.75) is 37.2 Å². The zero-order chi connectivity index (χ0) is 18.7. The molecule has 0 unspecified atom stereocenters. The topological polar surface area (TPSA) is 150 Å². The molecule has 1 saturated heterocycles. The van der Waals surface area contributed by atoms with Crippen molar-refractivity contribution in [3.63, 3.8) is 0 Å². The summed E-state index contributed by atoms with van der Waals surface area (Å²) in [6.07, 6.45) is -5.53. The molecule has 2 aromatic rings. The molecule has 1 amide bonds. The molecular weight excluding hydrogens is 344 g/mol. The number of nitrogens with zero attached hydrogens (tertiary/aromatic N) is 3. The maximum Gasteiger partial charge on any atom is 0.273 e. The fraction of sp³-hybridized carbons (Fsp3) is 0.438. The molecule has 2 heterocycles. The number of carbonyl (C=O) groups excluding carboxylic acids is 1. The van der Waals surface area contributed by atoms with Gasteiger partial charge in [-0.2, -0.15) is 0 Å². The van der Waals surface area contributed by atoms with Crippen LogP contribution in [0.4, 0.5) is 0 Å². The van der Waals surface area contributed by atoms with Gasteiger partial charge in [0.25, 0.3) is 5.91 Å². The first kappa shape index (κ1) is 18.4. The van der Waals surface area contributed by atoms with Crippen LogP contribution in [0.25, 0.3) is 0 Å². The summed E-state index contributed by atoms with van der Waals surface area (Å²) in [6, 6.07) is 9.32. The van der Waals surface area contributed by atoms with Gasteiger partial charge < -0.3 is 30.5 Å². The van der Waals surface area contributed by atoms with Gasteiger partial charge in [0, 0.05) is 6.54 Å². The minimum atomic E-state index is -1.54. The van der Waals surface area contributed by atoms with E-state index in [1.165, 1.54) is 6.20 Å². The number of nitrogens with one attached hydrogen (secondary N) is 1. The molecule has 140 valence electrons. The smallest absolute Gasteiger partial charge is 0.273 e. The molecule has 5 N–H and O–H groups in total. The lowest BCUT2D eigenvalue weighted by Crippen LogP contribution is -2.56. The summed E-state index contributed by atoms with van der Waals surface area (Å²) < 4.78 is 6.43. The van der Waals surface area contributed by atoms with Crippen LogP contribution in [0.3, 0.4) is 0 Å². The molecular formula is C16H20N4O6. The number of hydrogen-bond donors (Lipinski definition) is 5. The maximum atomic E-state index is 12.2. The SMILES string of the molecule is O=C(NCc1ccccc1)c1cn([C@H]2O[C@H](CO)[C@@H](O)[C@H](O)[C@@H]2O)nn1. The van der Waals surface area contributed by atoms with E-state index in [9.17, 15) is 25.2 Å². The number of amides is 1. The van der Waals surface area contributed by atoms with Gasteiger partial charge in [0.1, 0.15) is 24.4 Å². The zero-order valence-corrected chi connectivity index (χ0v) is 13.7. The molecule has 26 heavy (non-hydrogen) atoms. The lowest BCUT2D eigenvalue weighted by Gasteiger charge is -2.39. The number of carbonyl (C=O) groups is 1. The van der Waals surface area contributed by atoms with Crippen molar-refractivity contribution >= 4 is 5.91 Å². The van der Waals surface area contributed by atoms with Crippen LogP contribution >= 0.6 is 0 Å². The van der Waals surface area contributed by atoms with Crippen LogP contribution < -0.4 is 5.32 Å². The van der Waals surface area contributed by atoms with E-state index in [-0.39, 0.29) is 5.69 Å². The molecule has 10 heteroatoms. The van der Waals surface area contributed by atoms with Crippen LogP contribution in [0, 0.1) is 0 Å². The molecule has 1 aliphatic heterocycles. The van der Waals surface area contributed by atoms with Crippen LogP contribution in [0.5, 0.6) is 0 Å². The fourth-order valence-corrected chi connectivity index (χ4v) is 2.67. The summed E-state index contributed by atoms with van der Waals surface area (Å²) in [6.45, 7) is -0.243. The van der Waals surface area contributed by atoms with Crippen molar-refractivity contribution in [1.29, 1.82) is 0 Å². The van der Waals surface area contributed by atoms with Gasteiger partial charge >= 0.3 is 0 Å². The summed E-state index contributed by atoms with van der Waals surface area (Å²) in [4.78, 5) is 12.2. The average Bonchev–Trinajstić information content (AvgIpc) is 3.15. The van der Waals surface area contributed by atoms with Crippen molar-refractivity contribution in [2.24, 2.45) is 0 Å². The first-order chi connectivity index (χ1) is 12.5. The first-order valence-electron chi connectivity index (χ1n) is 8.05. The largest absolute Gasteiger partial charge is 0.394 e. The van der Waals surface area contributed by atoms with Gasteiger partial charge in [-0.15, -0.1) is 5.10 Å². The molecule has 0 saturated carbocycles. The van der Waals surface area contributed by atoms with E-state index in [1.807, 2.05) is 30.3 Å². The Balaban J connectivity index is 1.67. The molecule has 10 nitrogen and oxygen atoms in total. The van der Waals surface area contributed by atoms with Gasteiger partial charge in [0.05, 0.1) is 12.8 Å². The van der Waals surface area contributed by atoms with Gasteiger partial charge in [-0.25, -0.2) is 4.68 Å². The summed E-state index contributed by atoms with van der Waals surface area (Å²) in [5.74, 6) is -0.468. The second-order valence-electron chi connectivity index (χ2n) is 5.97. The maximum absolute atomic E-state index is 12.2. The van der Waals surface area contributed by atoms with Crippen molar-refractivity contribution < 1.29 is 30.0 Å². The Labute approximate surface area is 148 Å². The second kappa shape index (κ2) is 7.89. The number of benzene rings is 1. The van der Waals surface area contributed by atoms with Gasteiger partial charge in [-0.1, -0.05) is 35.5 Å². The number of aromatic nitrogens is 3. The van der Waals surface area contributed by atoms with Gasteiger partial charge in [-0.3, -0.25) is 4.79 Å². The quantitative estimate of drug-likeness (QED) is 0.416. The van der Waals surface area contributed by atoms with Crippen LogP contribution in [0.1, 0.15) is 22.3 Å². The Bertz CT molecular complexity index is 737. The van der Waals surface area contributed by atoms with E-state index in [0.717, 1.165) is 10.2 Å². The highest BCUT2D eigenvalue weighted by Crippen LogP contribution is 2.27. The van der Waals surface area contributed by atoms with E-state index in [1.54, 1.807) is 0 Å². The zero-order valence-electron chi connectivity index (χ0n) is 13.7. The minimum Gasteiger partial charge on any atom is -0.394 e. The molecule has 1 aromatic carbocycles. The van der Waals surface area contributed by atoms with Gasteiger partial charge in [0.15, 0.2) is 11.9 Å². The molecule has 1 aromatic heterocycles. The molecule has 0 spiro atoms. The van der Waals surface area contributed by atoms with E-state index in [0.29, 0.717) is 6.54 Å². The summed E-state index contributed by atoms with van der Waals surface area (Å²) in [5.41, 5.74) is 0.917. The summed E-state index contributed by atoms with van der Waals surface area (Å²) >= 11 is 0. The minimum absolute atomic E-state index is 0.00195. The van der Waals surface area contributed by atoms with Crippen molar-refractivity contribution in [1.82, 2.24) is 20.3 Å².